The van der Waals surface area contributed by atoms with Crippen molar-refractivity contribution < 1.29 is 32.2 Å². The largest absolute Gasteiger partial charge is 0.458 e. The van der Waals surface area contributed by atoms with E-state index in [0.717, 1.165) is 5.19 Å². The van der Waals surface area contributed by atoms with Crippen LogP contribution in [0.25, 0.3) is 0 Å². The van der Waals surface area contributed by atoms with E-state index in [2.05, 4.69) is 31.1 Å². The smallest absolute Gasteiger partial charge is 0.303 e. The van der Waals surface area contributed by atoms with Crippen LogP contribution in [0.2, 0.25) is 32.7 Å². The minimum Gasteiger partial charge on any atom is -0.458 e. The molecule has 4 rings (SSSR count). The van der Waals surface area contributed by atoms with Crippen molar-refractivity contribution in [1.82, 2.24) is 0 Å². The second kappa shape index (κ2) is 10.9. The van der Waals surface area contributed by atoms with Crippen LogP contribution in [-0.2, 0) is 33.6 Å². The van der Waals surface area contributed by atoms with Gasteiger partial charge in [-0.1, -0.05) is 86.5 Å². The number of hydrogen-bond acceptors (Lipinski definition) is 7. The number of carbonyl (C=O) groups is 2. The topological polar surface area (TPSA) is 96.0 Å². The summed E-state index contributed by atoms with van der Waals surface area (Å²) >= 11 is 0. The Labute approximate surface area is 239 Å². The van der Waals surface area contributed by atoms with E-state index >= 15 is 8.42 Å². The van der Waals surface area contributed by atoms with Gasteiger partial charge in [0.25, 0.3) is 0 Å². The Kier molecular flexibility index (Phi) is 8.27. The van der Waals surface area contributed by atoms with Gasteiger partial charge in [0.15, 0.2) is 15.9 Å². The summed E-state index contributed by atoms with van der Waals surface area (Å²) in [4.78, 5) is 24.7. The summed E-state index contributed by atoms with van der Waals surface area (Å²) in [7, 11) is -9.12. The van der Waals surface area contributed by atoms with Crippen LogP contribution in [0.15, 0.2) is 65.6 Å². The lowest BCUT2D eigenvalue weighted by atomic mass is 9.65. The molecule has 1 aliphatic carbocycles. The number of rotatable bonds is 6. The van der Waals surface area contributed by atoms with E-state index < -0.39 is 72.4 Å². The molecule has 2 aromatic carbocycles. The molecule has 6 atom stereocenters. The van der Waals surface area contributed by atoms with Gasteiger partial charge in [-0.25, -0.2) is 8.42 Å². The molecule has 0 amide bonds. The van der Waals surface area contributed by atoms with Crippen LogP contribution in [0.4, 0.5) is 0 Å². The molecule has 0 N–H and O–H groups in total. The van der Waals surface area contributed by atoms with Crippen molar-refractivity contribution in [2.45, 2.75) is 74.2 Å². The molecule has 1 saturated heterocycles. The fourth-order valence-electron chi connectivity index (χ4n) is 6.45. The van der Waals surface area contributed by atoms with E-state index in [4.69, 9.17) is 14.2 Å². The van der Waals surface area contributed by atoms with Crippen molar-refractivity contribution in [2.75, 3.05) is 6.61 Å². The van der Waals surface area contributed by atoms with E-state index in [0.29, 0.717) is 0 Å². The molecule has 2 aliphatic rings. The monoisotopic (exact) mass is 598 g/mol. The molecule has 0 bridgehead atoms. The average Bonchev–Trinajstić information content (AvgIpc) is 2.86. The first-order valence-electron chi connectivity index (χ1n) is 13.5. The number of fused-ring (bicyclic) bond motifs is 1. The summed E-state index contributed by atoms with van der Waals surface area (Å²) in [6, 6.07) is 18.1. The molecular formula is C30H38O7SSi2. The SMILES string of the molecule is CC(=O)O[C@H]1[C@H]2[C@@H](OC[C@H]1OC(C)=O)[C@H](C#C[Si](C)(C)C)[C@@]2([Si](C)(C)c1ccccc1)S(=O)(=O)c1ccccc1. The molecule has 0 radical (unpaired) electrons. The molecule has 1 aliphatic heterocycles. The highest BCUT2D eigenvalue weighted by Gasteiger charge is 2.79. The molecule has 10 heteroatoms. The predicted octanol–water partition coefficient (Wildman–Crippen LogP) is 3.74. The molecule has 0 aromatic heterocycles. The van der Waals surface area contributed by atoms with Crippen molar-refractivity contribution in [1.29, 1.82) is 0 Å². The highest BCUT2D eigenvalue weighted by atomic mass is 32.2. The van der Waals surface area contributed by atoms with Gasteiger partial charge in [0.1, 0.15) is 22.3 Å². The van der Waals surface area contributed by atoms with Crippen LogP contribution >= 0.6 is 0 Å². The fourth-order valence-corrected chi connectivity index (χ4v) is 16.1. The lowest BCUT2D eigenvalue weighted by Crippen LogP contribution is -2.86. The molecule has 40 heavy (non-hydrogen) atoms. The second-order valence-corrected chi connectivity index (χ2v) is 24.1. The Hall–Kier alpha value is -2.72. The van der Waals surface area contributed by atoms with E-state index in [-0.39, 0.29) is 11.5 Å². The van der Waals surface area contributed by atoms with Gasteiger partial charge in [-0.2, -0.15) is 0 Å². The van der Waals surface area contributed by atoms with Crippen LogP contribution in [-0.4, -0.2) is 65.8 Å². The molecule has 2 aromatic rings. The number of sulfone groups is 1. The lowest BCUT2D eigenvalue weighted by Gasteiger charge is -2.66. The van der Waals surface area contributed by atoms with Gasteiger partial charge in [-0.05, 0) is 12.1 Å². The van der Waals surface area contributed by atoms with Gasteiger partial charge in [-0.15, -0.1) is 11.5 Å². The number of ether oxygens (including phenoxy) is 3. The number of hydrogen-bond donors (Lipinski definition) is 0. The molecule has 0 spiro atoms. The summed E-state index contributed by atoms with van der Waals surface area (Å²) in [5, 5.41) is 0.934. The van der Waals surface area contributed by atoms with Gasteiger partial charge in [0.2, 0.25) is 0 Å². The first-order valence-corrected chi connectivity index (χ1v) is 21.5. The zero-order chi connectivity index (χ0) is 29.5. The third-order valence-electron chi connectivity index (χ3n) is 8.01. The van der Waals surface area contributed by atoms with Gasteiger partial charge < -0.3 is 14.2 Å². The maximum absolute atomic E-state index is 15.2. The van der Waals surface area contributed by atoms with E-state index in [1.54, 1.807) is 30.3 Å². The Balaban J connectivity index is 2.09. The zero-order valence-electron chi connectivity index (χ0n) is 24.1. The third-order valence-corrected chi connectivity index (χ3v) is 17.9. The molecule has 2 fully saturated rings. The number of benzene rings is 2. The van der Waals surface area contributed by atoms with Crippen molar-refractivity contribution in [2.24, 2.45) is 11.8 Å². The van der Waals surface area contributed by atoms with Crippen LogP contribution in [0.5, 0.6) is 0 Å². The maximum Gasteiger partial charge on any atom is 0.303 e. The normalized spacial score (nSPS) is 28.2. The Bertz CT molecular complexity index is 1430. The molecule has 0 unspecified atom stereocenters. The van der Waals surface area contributed by atoms with Crippen LogP contribution in [0.3, 0.4) is 0 Å². The van der Waals surface area contributed by atoms with Gasteiger partial charge in [0, 0.05) is 19.8 Å². The average molecular weight is 599 g/mol. The van der Waals surface area contributed by atoms with E-state index in [1.807, 2.05) is 43.4 Å². The standard InChI is InChI=1S/C30H38O7SSi2/c1-21(31)36-26-20-35-28-25(18-19-39(3,4)5)30(27(28)29(26)37-22(2)32,38(33,34)23-14-10-8-11-15-23)40(6,7)24-16-12-9-13-17-24/h8-17,25-29H,20H2,1-7H3/t25-,26+,27+,28-,29+,30-/m0/s1. The van der Waals surface area contributed by atoms with E-state index in [9.17, 15) is 9.59 Å². The van der Waals surface area contributed by atoms with Gasteiger partial charge in [0.05, 0.1) is 27.9 Å². The van der Waals surface area contributed by atoms with Crippen LogP contribution in [0.1, 0.15) is 13.8 Å². The summed E-state index contributed by atoms with van der Waals surface area (Å²) in [5.74, 6) is 0.808. The highest BCUT2D eigenvalue weighted by molar-refractivity contribution is 7.95. The summed E-state index contributed by atoms with van der Waals surface area (Å²) in [5.41, 5.74) is 3.43. The first kappa shape index (κ1) is 30.2. The quantitative estimate of drug-likeness (QED) is 0.284. The second-order valence-electron chi connectivity index (χ2n) is 12.1. The molecule has 1 heterocycles. The van der Waals surface area contributed by atoms with Crippen molar-refractivity contribution in [3.63, 3.8) is 0 Å². The lowest BCUT2D eigenvalue weighted by molar-refractivity contribution is -0.234. The molecule has 1 saturated carbocycles. The minimum atomic E-state index is -4.11. The Morgan fingerprint density at radius 3 is 1.98 bits per heavy atom. The van der Waals surface area contributed by atoms with Crippen molar-refractivity contribution in [3.05, 3.63) is 60.7 Å². The predicted molar refractivity (Wildman–Crippen MR) is 159 cm³/mol. The van der Waals surface area contributed by atoms with Gasteiger partial charge in [-0.3, -0.25) is 9.59 Å². The molecular weight excluding hydrogens is 561 g/mol. The Morgan fingerprint density at radius 2 is 1.45 bits per heavy atom. The minimum absolute atomic E-state index is 0.0153. The zero-order valence-corrected chi connectivity index (χ0v) is 26.9. The van der Waals surface area contributed by atoms with Crippen molar-refractivity contribution in [3.8, 4) is 11.5 Å². The van der Waals surface area contributed by atoms with Gasteiger partial charge >= 0.3 is 11.9 Å². The first-order chi connectivity index (χ1) is 18.6. The number of carbonyl (C=O) groups excluding carboxylic acids is 2. The summed E-state index contributed by atoms with van der Waals surface area (Å²) in [6.45, 7) is 13.0. The Morgan fingerprint density at radius 1 is 0.900 bits per heavy atom. The molecule has 214 valence electrons. The van der Waals surface area contributed by atoms with E-state index in [1.165, 1.54) is 13.8 Å². The summed E-state index contributed by atoms with van der Waals surface area (Å²) in [6.07, 6.45) is -2.58. The van der Waals surface area contributed by atoms with Crippen LogP contribution in [0, 0.1) is 23.3 Å². The van der Waals surface area contributed by atoms with Crippen LogP contribution < -0.4 is 5.19 Å². The van der Waals surface area contributed by atoms with Crippen molar-refractivity contribution >= 4 is 43.1 Å². The fraction of sp³-hybridized carbons (Fsp3) is 0.467. The summed E-state index contributed by atoms with van der Waals surface area (Å²) < 4.78 is 46.7. The molecule has 7 nitrogen and oxygen atoms in total. The number of esters is 2. The third kappa shape index (κ3) is 5.09. The maximum atomic E-state index is 15.2. The highest BCUT2D eigenvalue weighted by Crippen LogP contribution is 2.61.